The SMILES string of the molecule is CCN1C(=CC=CC=Cc2oc3ccc(Cl)cc3[n+]2CC)Oc2ccc(I)cc21. The maximum atomic E-state index is 6.12. The summed E-state index contributed by atoms with van der Waals surface area (Å²) < 4.78 is 15.2. The molecule has 1 aliphatic rings. The minimum atomic E-state index is 0.704. The number of halogens is 2. The maximum absolute atomic E-state index is 6.12. The molecule has 0 N–H and O–H groups in total. The Kier molecular flexibility index (Phi) is 5.96. The number of aryl methyl sites for hydroxylation is 1. The van der Waals surface area contributed by atoms with Gasteiger partial charge in [0.25, 0.3) is 5.52 Å². The quantitative estimate of drug-likeness (QED) is 0.224. The van der Waals surface area contributed by atoms with Crippen molar-refractivity contribution in [2.75, 3.05) is 11.4 Å². The van der Waals surface area contributed by atoms with Crippen LogP contribution in [0.4, 0.5) is 5.69 Å². The van der Waals surface area contributed by atoms with Crippen LogP contribution in [-0.4, -0.2) is 6.54 Å². The second-order valence-corrected chi connectivity index (χ2v) is 8.19. The summed E-state index contributed by atoms with van der Waals surface area (Å²) in [6.07, 6.45) is 9.84. The van der Waals surface area contributed by atoms with Gasteiger partial charge in [0.2, 0.25) is 11.5 Å². The van der Waals surface area contributed by atoms with E-state index in [0.29, 0.717) is 5.02 Å². The number of allylic oxidation sites excluding steroid dienone is 4. The highest BCUT2D eigenvalue weighted by atomic mass is 127. The summed E-state index contributed by atoms with van der Waals surface area (Å²) in [5.41, 5.74) is 2.93. The molecule has 3 aromatic rings. The van der Waals surface area contributed by atoms with E-state index in [4.69, 9.17) is 20.8 Å². The fraction of sp³-hybridized carbons (Fsp3) is 0.174. The van der Waals surface area contributed by atoms with Gasteiger partial charge in [-0.1, -0.05) is 29.8 Å². The van der Waals surface area contributed by atoms with Gasteiger partial charge >= 0.3 is 5.89 Å². The zero-order chi connectivity index (χ0) is 20.4. The monoisotopic (exact) mass is 519 g/mol. The van der Waals surface area contributed by atoms with Gasteiger partial charge in [0.1, 0.15) is 6.54 Å². The Morgan fingerprint density at radius 3 is 2.76 bits per heavy atom. The van der Waals surface area contributed by atoms with Crippen molar-refractivity contribution in [2.24, 2.45) is 0 Å². The Labute approximate surface area is 188 Å². The molecule has 1 aromatic heterocycles. The van der Waals surface area contributed by atoms with Gasteiger partial charge in [-0.05, 0) is 72.8 Å². The minimum absolute atomic E-state index is 0.704. The van der Waals surface area contributed by atoms with Gasteiger partial charge in [-0.3, -0.25) is 0 Å². The third kappa shape index (κ3) is 4.07. The lowest BCUT2D eigenvalue weighted by molar-refractivity contribution is -0.674. The molecule has 0 spiro atoms. The van der Waals surface area contributed by atoms with E-state index in [0.717, 1.165) is 47.4 Å². The summed E-state index contributed by atoms with van der Waals surface area (Å²) in [6.45, 7) is 5.86. The first-order valence-electron chi connectivity index (χ1n) is 9.52. The Balaban J connectivity index is 1.52. The molecule has 0 atom stereocenters. The van der Waals surface area contributed by atoms with Gasteiger partial charge in [-0.2, -0.15) is 4.57 Å². The number of aromatic nitrogens is 1. The number of ether oxygens (including phenoxy) is 1. The van der Waals surface area contributed by atoms with E-state index in [1.165, 1.54) is 3.57 Å². The Bertz CT molecular complexity index is 1150. The van der Waals surface area contributed by atoms with E-state index < -0.39 is 0 Å². The number of fused-ring (bicyclic) bond motifs is 2. The van der Waals surface area contributed by atoms with E-state index >= 15 is 0 Å². The third-order valence-corrected chi connectivity index (χ3v) is 5.62. The van der Waals surface area contributed by atoms with E-state index in [1.807, 2.05) is 54.6 Å². The van der Waals surface area contributed by atoms with Crippen LogP contribution in [0.15, 0.2) is 71.0 Å². The maximum Gasteiger partial charge on any atom is 0.374 e. The van der Waals surface area contributed by atoms with Crippen molar-refractivity contribution in [3.05, 3.63) is 81.1 Å². The average Bonchev–Trinajstić information content (AvgIpc) is 3.23. The minimum Gasteiger partial charge on any atom is -0.439 e. The molecule has 2 heterocycles. The van der Waals surface area contributed by atoms with E-state index in [-0.39, 0.29) is 0 Å². The molecule has 1 aliphatic heterocycles. The number of oxazole rings is 1. The molecule has 0 fully saturated rings. The van der Waals surface area contributed by atoms with Gasteiger partial charge in [-0.25, -0.2) is 0 Å². The van der Waals surface area contributed by atoms with Crippen molar-refractivity contribution in [1.82, 2.24) is 0 Å². The lowest BCUT2D eigenvalue weighted by atomic mass is 10.3. The zero-order valence-electron chi connectivity index (χ0n) is 16.2. The molecule has 0 saturated carbocycles. The summed E-state index contributed by atoms with van der Waals surface area (Å²) in [5.74, 6) is 2.51. The van der Waals surface area contributed by atoms with Crippen molar-refractivity contribution in [3.63, 3.8) is 0 Å². The van der Waals surface area contributed by atoms with E-state index in [9.17, 15) is 0 Å². The first kappa shape index (κ1) is 20.0. The molecule has 6 heteroatoms. The van der Waals surface area contributed by atoms with Crippen LogP contribution in [0, 0.1) is 3.57 Å². The van der Waals surface area contributed by atoms with Gasteiger partial charge in [0.05, 0.1) is 11.8 Å². The Hall–Kier alpha value is -2.25. The first-order chi connectivity index (χ1) is 14.1. The highest BCUT2D eigenvalue weighted by Gasteiger charge is 2.24. The molecule has 4 rings (SSSR count). The summed E-state index contributed by atoms with van der Waals surface area (Å²) in [6, 6.07) is 11.9. The summed E-state index contributed by atoms with van der Waals surface area (Å²) >= 11 is 8.44. The lowest BCUT2D eigenvalue weighted by Gasteiger charge is -2.15. The fourth-order valence-corrected chi connectivity index (χ4v) is 4.03. The van der Waals surface area contributed by atoms with Gasteiger partial charge in [-0.15, -0.1) is 0 Å². The van der Waals surface area contributed by atoms with Crippen LogP contribution in [0.25, 0.3) is 17.2 Å². The molecule has 0 bridgehead atoms. The van der Waals surface area contributed by atoms with Crippen LogP contribution >= 0.6 is 34.2 Å². The largest absolute Gasteiger partial charge is 0.439 e. The van der Waals surface area contributed by atoms with Crippen molar-refractivity contribution >= 4 is 57.1 Å². The van der Waals surface area contributed by atoms with Crippen LogP contribution in [-0.2, 0) is 6.54 Å². The predicted molar refractivity (Wildman–Crippen MR) is 126 cm³/mol. The van der Waals surface area contributed by atoms with Crippen LogP contribution in [0.5, 0.6) is 5.75 Å². The van der Waals surface area contributed by atoms with Gasteiger partial charge < -0.3 is 14.1 Å². The molecular formula is C23H21ClIN2O2+. The average molecular weight is 520 g/mol. The van der Waals surface area contributed by atoms with Crippen molar-refractivity contribution < 1.29 is 13.7 Å². The highest BCUT2D eigenvalue weighted by molar-refractivity contribution is 14.1. The fourth-order valence-electron chi connectivity index (χ4n) is 3.39. The van der Waals surface area contributed by atoms with Gasteiger partial charge in [0, 0.05) is 21.2 Å². The zero-order valence-corrected chi connectivity index (χ0v) is 19.1. The second kappa shape index (κ2) is 8.63. The molecule has 0 saturated heterocycles. The molecule has 0 amide bonds. The van der Waals surface area contributed by atoms with Crippen molar-refractivity contribution in [3.8, 4) is 5.75 Å². The number of hydrogen-bond acceptors (Lipinski definition) is 3. The lowest BCUT2D eigenvalue weighted by Crippen LogP contribution is -2.33. The Morgan fingerprint density at radius 2 is 1.97 bits per heavy atom. The number of anilines is 1. The molecule has 148 valence electrons. The summed E-state index contributed by atoms with van der Waals surface area (Å²) in [4.78, 5) is 2.17. The third-order valence-electron chi connectivity index (χ3n) is 4.72. The number of benzene rings is 2. The molecule has 0 unspecified atom stereocenters. The number of hydrogen-bond donors (Lipinski definition) is 0. The van der Waals surface area contributed by atoms with E-state index in [2.05, 4.69) is 58.0 Å². The smallest absolute Gasteiger partial charge is 0.374 e. The molecule has 0 radical (unpaired) electrons. The standard InChI is InChI=1S/C23H21ClIN2O2/c1-3-26-18-14-16(24)10-12-20(18)28-22(26)8-6-5-7-9-23-27(4-2)19-15-17(25)11-13-21(19)29-23/h5-15H,3-4H2,1-2H3/q+1. The molecule has 0 aliphatic carbocycles. The number of nitrogens with zero attached hydrogens (tertiary/aromatic N) is 2. The molecule has 29 heavy (non-hydrogen) atoms. The van der Waals surface area contributed by atoms with Crippen LogP contribution in [0.3, 0.4) is 0 Å². The topological polar surface area (TPSA) is 29.5 Å². The normalized spacial score (nSPS) is 15.2. The van der Waals surface area contributed by atoms with Crippen LogP contribution in [0.1, 0.15) is 19.7 Å². The van der Waals surface area contributed by atoms with Crippen LogP contribution in [0.2, 0.25) is 5.02 Å². The van der Waals surface area contributed by atoms with Crippen molar-refractivity contribution in [2.45, 2.75) is 20.4 Å². The van der Waals surface area contributed by atoms with Gasteiger partial charge in [0.15, 0.2) is 5.75 Å². The molecular weight excluding hydrogens is 499 g/mol. The van der Waals surface area contributed by atoms with E-state index in [1.54, 1.807) is 0 Å². The molecule has 2 aromatic carbocycles. The second-order valence-electron chi connectivity index (χ2n) is 6.50. The summed E-state index contributed by atoms with van der Waals surface area (Å²) in [5, 5.41) is 0.704. The first-order valence-corrected chi connectivity index (χ1v) is 11.0. The van der Waals surface area contributed by atoms with Crippen LogP contribution < -0.4 is 14.2 Å². The van der Waals surface area contributed by atoms with Crippen molar-refractivity contribution in [1.29, 1.82) is 0 Å². The highest BCUT2D eigenvalue weighted by Crippen LogP contribution is 2.39. The predicted octanol–water partition coefficient (Wildman–Crippen LogP) is 6.33. The number of rotatable bonds is 5. The Morgan fingerprint density at radius 1 is 1.10 bits per heavy atom. The summed E-state index contributed by atoms with van der Waals surface area (Å²) in [7, 11) is 0. The molecule has 4 nitrogen and oxygen atoms in total.